The number of hydrogen-bond donors (Lipinski definition) is 0. The summed E-state index contributed by atoms with van der Waals surface area (Å²) in [5, 5.41) is 9.12. The fourth-order valence-corrected chi connectivity index (χ4v) is 6.02. The highest BCUT2D eigenvalue weighted by Crippen LogP contribution is 2.47. The third-order valence-electron chi connectivity index (χ3n) is 7.54. The average molecular weight is 581 g/mol. The summed E-state index contributed by atoms with van der Waals surface area (Å²) in [6.07, 6.45) is 3.00. The molecule has 0 N–H and O–H groups in total. The van der Waals surface area contributed by atoms with Gasteiger partial charge in [0.1, 0.15) is 11.2 Å². The van der Waals surface area contributed by atoms with Gasteiger partial charge >= 0.3 is 11.3 Å². The Labute approximate surface area is 250 Å². The summed E-state index contributed by atoms with van der Waals surface area (Å²) in [5.41, 5.74) is 2.36. The van der Waals surface area contributed by atoms with Gasteiger partial charge in [-0.05, 0) is 54.1 Å². The zero-order valence-corrected chi connectivity index (χ0v) is 24.5. The minimum absolute atomic E-state index is 0.418. The van der Waals surface area contributed by atoms with Crippen LogP contribution in [0.2, 0.25) is 0 Å². The highest BCUT2D eigenvalue weighted by atomic mass is 16.4. The number of allylic oxidation sites excluding steroid dienone is 1. The molecule has 5 aromatic carbocycles. The molecule has 6 heteroatoms. The van der Waals surface area contributed by atoms with E-state index in [0.717, 1.165) is 53.9 Å². The van der Waals surface area contributed by atoms with Crippen LogP contribution in [0.1, 0.15) is 27.2 Å². The van der Waals surface area contributed by atoms with Gasteiger partial charge in [0, 0.05) is 55.2 Å². The largest absolute Gasteiger partial charge is 0.452 e. The van der Waals surface area contributed by atoms with Crippen molar-refractivity contribution in [1.29, 1.82) is 0 Å². The summed E-state index contributed by atoms with van der Waals surface area (Å²) in [5.74, 6) is 0. The van der Waals surface area contributed by atoms with Gasteiger partial charge in [-0.1, -0.05) is 62.7 Å². The molecule has 0 unspecified atom stereocenters. The maximum atomic E-state index is 12.1. The lowest BCUT2D eigenvalue weighted by atomic mass is 9.90. The van der Waals surface area contributed by atoms with Crippen LogP contribution in [0.3, 0.4) is 0 Å². The second-order valence-corrected chi connectivity index (χ2v) is 10.7. The maximum Gasteiger partial charge on any atom is 0.336 e. The Bertz CT molecular complexity index is 2500. The third kappa shape index (κ3) is 4.02. The highest BCUT2D eigenvalue weighted by molar-refractivity contribution is 6.40. The van der Waals surface area contributed by atoms with Crippen molar-refractivity contribution in [2.45, 2.75) is 27.2 Å². The first-order valence-electron chi connectivity index (χ1n) is 14.6. The molecular formula is C38H28O6. The summed E-state index contributed by atoms with van der Waals surface area (Å²) in [6.45, 7) is 9.50. The summed E-state index contributed by atoms with van der Waals surface area (Å²) in [7, 11) is 0. The molecule has 0 bridgehead atoms. The van der Waals surface area contributed by atoms with E-state index in [0.29, 0.717) is 33.5 Å². The van der Waals surface area contributed by atoms with Gasteiger partial charge in [0.15, 0.2) is 22.3 Å². The molecule has 0 saturated carbocycles. The van der Waals surface area contributed by atoms with Crippen molar-refractivity contribution in [2.75, 3.05) is 0 Å². The van der Waals surface area contributed by atoms with Gasteiger partial charge in [-0.2, -0.15) is 0 Å². The van der Waals surface area contributed by atoms with Gasteiger partial charge in [0.05, 0.1) is 0 Å². The molecule has 0 spiro atoms. The Hall–Kier alpha value is -5.62. The van der Waals surface area contributed by atoms with Crippen molar-refractivity contribution in [3.63, 3.8) is 0 Å². The van der Waals surface area contributed by atoms with Gasteiger partial charge in [-0.15, -0.1) is 6.58 Å². The van der Waals surface area contributed by atoms with Crippen LogP contribution in [0.4, 0.5) is 0 Å². The molecule has 9 aromatic rings. The van der Waals surface area contributed by atoms with E-state index in [1.165, 1.54) is 18.6 Å². The molecule has 0 aliphatic rings. The smallest absolute Gasteiger partial charge is 0.336 e. The van der Waals surface area contributed by atoms with E-state index >= 15 is 0 Å². The molecule has 0 aliphatic heterocycles. The molecule has 0 fully saturated rings. The van der Waals surface area contributed by atoms with Crippen molar-refractivity contribution in [1.82, 2.24) is 0 Å². The van der Waals surface area contributed by atoms with Crippen molar-refractivity contribution in [3.05, 3.63) is 118 Å². The summed E-state index contributed by atoms with van der Waals surface area (Å²) >= 11 is 0. The van der Waals surface area contributed by atoms with Crippen LogP contribution in [0, 0.1) is 0 Å². The summed E-state index contributed by atoms with van der Waals surface area (Å²) in [6, 6.07) is 26.1. The molecule has 0 aliphatic carbocycles. The maximum absolute atomic E-state index is 12.1. The van der Waals surface area contributed by atoms with E-state index in [1.54, 1.807) is 18.2 Å². The Morgan fingerprint density at radius 1 is 0.523 bits per heavy atom. The van der Waals surface area contributed by atoms with Crippen molar-refractivity contribution in [3.8, 4) is 0 Å². The minimum atomic E-state index is -0.431. The van der Waals surface area contributed by atoms with Crippen LogP contribution < -0.4 is 11.3 Å². The average Bonchev–Trinajstić information content (AvgIpc) is 3.03. The van der Waals surface area contributed by atoms with Crippen molar-refractivity contribution in [2.24, 2.45) is 0 Å². The van der Waals surface area contributed by atoms with Gasteiger partial charge in [-0.3, -0.25) is 0 Å². The zero-order valence-electron chi connectivity index (χ0n) is 24.5. The molecule has 6 nitrogen and oxygen atoms in total. The molecule has 0 amide bonds. The molecule has 216 valence electrons. The second kappa shape index (κ2) is 10.6. The molecular weight excluding hydrogens is 552 g/mol. The van der Waals surface area contributed by atoms with E-state index in [1.807, 2.05) is 55.5 Å². The van der Waals surface area contributed by atoms with Crippen LogP contribution in [-0.2, 0) is 0 Å². The SMILES string of the molecule is C=CC.CCC.O=c1ccc2ccc3c(oc4cccc5c4c3c3cccc4oc6c(ccc7ccc(=O)oc76)c5c43)c2o1. The predicted octanol–water partition coefficient (Wildman–Crippen LogP) is 10.6. The standard InChI is InChI=1S/C32H14O6.C3H8.C3H6/c33-23-13-9-15-8-12-20-26-18-4-2-6-22-28(18)25(17-3-1-5-21(27(17)26)35-31(20)29(15)37-23)19-11-7-16-10-14-24(34)38-30(16)32(19)36-22;2*1-3-2/h1-14H;3H2,1-2H3;3H,1H2,2H3. The van der Waals surface area contributed by atoms with Gasteiger partial charge < -0.3 is 17.7 Å². The quantitative estimate of drug-likeness (QED) is 0.0767. The molecule has 0 saturated heterocycles. The van der Waals surface area contributed by atoms with E-state index in [4.69, 9.17) is 17.7 Å². The Balaban J connectivity index is 0.000000485. The molecule has 9 rings (SSSR count). The molecule has 4 aromatic heterocycles. The lowest BCUT2D eigenvalue weighted by molar-refractivity contribution is 0.552. The second-order valence-electron chi connectivity index (χ2n) is 10.7. The number of hydrogen-bond acceptors (Lipinski definition) is 6. The molecule has 0 radical (unpaired) electrons. The topological polar surface area (TPSA) is 86.7 Å². The lowest BCUT2D eigenvalue weighted by Gasteiger charge is -2.17. The summed E-state index contributed by atoms with van der Waals surface area (Å²) < 4.78 is 24.2. The highest BCUT2D eigenvalue weighted by Gasteiger charge is 2.22. The van der Waals surface area contributed by atoms with E-state index in [9.17, 15) is 9.59 Å². The van der Waals surface area contributed by atoms with Crippen molar-refractivity contribution < 1.29 is 17.7 Å². The Morgan fingerprint density at radius 3 is 1.32 bits per heavy atom. The first-order chi connectivity index (χ1) is 21.5. The van der Waals surface area contributed by atoms with Crippen LogP contribution in [0.5, 0.6) is 0 Å². The van der Waals surface area contributed by atoms with Crippen LogP contribution in [-0.4, -0.2) is 0 Å². The lowest BCUT2D eigenvalue weighted by Crippen LogP contribution is -1.96. The zero-order chi connectivity index (χ0) is 30.5. The van der Waals surface area contributed by atoms with E-state index < -0.39 is 11.3 Å². The van der Waals surface area contributed by atoms with Crippen LogP contribution in [0.25, 0.3) is 87.4 Å². The van der Waals surface area contributed by atoms with E-state index in [-0.39, 0.29) is 0 Å². The van der Waals surface area contributed by atoms with Crippen molar-refractivity contribution >= 4 is 87.4 Å². The number of rotatable bonds is 0. The van der Waals surface area contributed by atoms with Crippen LogP contribution >= 0.6 is 0 Å². The fourth-order valence-electron chi connectivity index (χ4n) is 6.02. The first-order valence-corrected chi connectivity index (χ1v) is 14.6. The molecule has 4 heterocycles. The monoisotopic (exact) mass is 580 g/mol. The third-order valence-corrected chi connectivity index (χ3v) is 7.54. The number of fused-ring (bicyclic) bond motifs is 10. The van der Waals surface area contributed by atoms with Gasteiger partial charge in [0.2, 0.25) is 0 Å². The van der Waals surface area contributed by atoms with Gasteiger partial charge in [0.25, 0.3) is 0 Å². The Kier molecular flexibility index (Phi) is 6.55. The van der Waals surface area contributed by atoms with E-state index in [2.05, 4.69) is 32.6 Å². The molecule has 0 atom stereocenters. The molecule has 44 heavy (non-hydrogen) atoms. The minimum Gasteiger partial charge on any atom is -0.452 e. The summed E-state index contributed by atoms with van der Waals surface area (Å²) in [4.78, 5) is 24.2. The predicted molar refractivity (Wildman–Crippen MR) is 180 cm³/mol. The normalized spacial score (nSPS) is 11.4. The Morgan fingerprint density at radius 2 is 0.909 bits per heavy atom. The number of benzene rings is 5. The fraction of sp³-hybridized carbons (Fsp3) is 0.105. The van der Waals surface area contributed by atoms with Gasteiger partial charge in [-0.25, -0.2) is 9.59 Å². The van der Waals surface area contributed by atoms with Crippen LogP contribution in [0.15, 0.2) is 125 Å². The first kappa shape index (κ1) is 27.2.